The molecule has 180 valence electrons. The van der Waals surface area contributed by atoms with Gasteiger partial charge in [0, 0.05) is 37.8 Å². The van der Waals surface area contributed by atoms with E-state index in [4.69, 9.17) is 9.72 Å². The summed E-state index contributed by atoms with van der Waals surface area (Å²) < 4.78 is 6.91. The van der Waals surface area contributed by atoms with E-state index in [1.807, 2.05) is 42.5 Å². The van der Waals surface area contributed by atoms with E-state index in [1.165, 1.54) is 23.6 Å². The molecule has 0 aliphatic rings. The fourth-order valence-corrected chi connectivity index (χ4v) is 3.97. The fraction of sp³-hybridized carbons (Fsp3) is 0.250. The van der Waals surface area contributed by atoms with Gasteiger partial charge in [0.05, 0.1) is 18.1 Å². The Morgan fingerprint density at radius 1 is 1.00 bits per heavy atom. The molecule has 35 heavy (non-hydrogen) atoms. The lowest BCUT2D eigenvalue weighted by atomic mass is 10.1. The summed E-state index contributed by atoms with van der Waals surface area (Å²) in [6.07, 6.45) is 0. The molecule has 0 spiro atoms. The Bertz CT molecular complexity index is 1430. The molecular formula is C28H30N4O3. The number of nitrogens with one attached hydrogen (secondary N) is 2. The van der Waals surface area contributed by atoms with E-state index in [0.717, 1.165) is 5.69 Å². The number of carbonyl (C=O) groups excluding carboxylic acids is 1. The maximum atomic E-state index is 13.5. The van der Waals surface area contributed by atoms with Gasteiger partial charge in [-0.2, -0.15) is 0 Å². The van der Waals surface area contributed by atoms with Crippen molar-refractivity contribution in [3.05, 3.63) is 87.7 Å². The molecule has 0 aliphatic heterocycles. The molecular weight excluding hydrogens is 440 g/mol. The number of methoxy groups -OCH3 is 1. The van der Waals surface area contributed by atoms with E-state index in [2.05, 4.69) is 42.7 Å². The highest BCUT2D eigenvalue weighted by Gasteiger charge is 2.14. The first-order valence-electron chi connectivity index (χ1n) is 11.6. The average Bonchev–Trinajstić information content (AvgIpc) is 2.85. The van der Waals surface area contributed by atoms with Crippen LogP contribution < -0.4 is 20.9 Å². The van der Waals surface area contributed by atoms with Gasteiger partial charge < -0.3 is 19.9 Å². The van der Waals surface area contributed by atoms with E-state index in [-0.39, 0.29) is 11.5 Å². The summed E-state index contributed by atoms with van der Waals surface area (Å²) in [7, 11) is 1.60. The second kappa shape index (κ2) is 10.4. The molecule has 0 fully saturated rings. The molecule has 7 nitrogen and oxygen atoms in total. The highest BCUT2D eigenvalue weighted by atomic mass is 16.5. The van der Waals surface area contributed by atoms with Crippen molar-refractivity contribution < 1.29 is 9.53 Å². The van der Waals surface area contributed by atoms with Gasteiger partial charge in [-0.1, -0.05) is 18.2 Å². The molecule has 0 bridgehead atoms. The zero-order valence-corrected chi connectivity index (χ0v) is 20.5. The second-order valence-electron chi connectivity index (χ2n) is 8.60. The summed E-state index contributed by atoms with van der Waals surface area (Å²) in [5.41, 5.74) is 6.87. The number of hydrogen-bond donors (Lipinski definition) is 2. The smallest absolute Gasteiger partial charge is 0.277 e. The standard InChI is InChI=1S/C28H30N4O3/c1-18-5-6-21(15-19(18)2)17-30-23-9-12-25-26(16-23)32(14-13-29-20(3)33)28(34)27(31-25)22-7-10-24(35-4)11-8-22/h5-12,15-16,30H,13-14,17H2,1-4H3,(H,29,33). The lowest BCUT2D eigenvalue weighted by molar-refractivity contribution is -0.118. The molecule has 7 heteroatoms. The van der Waals surface area contributed by atoms with Crippen molar-refractivity contribution >= 4 is 22.6 Å². The number of fused-ring (bicyclic) bond motifs is 1. The number of rotatable bonds is 8. The van der Waals surface area contributed by atoms with Gasteiger partial charge in [-0.3, -0.25) is 9.59 Å². The summed E-state index contributed by atoms with van der Waals surface area (Å²) >= 11 is 0. The van der Waals surface area contributed by atoms with Crippen molar-refractivity contribution in [2.45, 2.75) is 33.9 Å². The van der Waals surface area contributed by atoms with Crippen molar-refractivity contribution in [2.24, 2.45) is 0 Å². The Kier molecular flexibility index (Phi) is 7.15. The normalized spacial score (nSPS) is 10.9. The van der Waals surface area contributed by atoms with Crippen LogP contribution >= 0.6 is 0 Å². The summed E-state index contributed by atoms with van der Waals surface area (Å²) in [5, 5.41) is 6.23. The van der Waals surface area contributed by atoms with Crippen LogP contribution in [0.2, 0.25) is 0 Å². The van der Waals surface area contributed by atoms with Gasteiger partial charge in [0.1, 0.15) is 11.4 Å². The van der Waals surface area contributed by atoms with Crippen LogP contribution in [0.25, 0.3) is 22.3 Å². The van der Waals surface area contributed by atoms with Gasteiger partial charge in [0.15, 0.2) is 0 Å². The minimum absolute atomic E-state index is 0.137. The lowest BCUT2D eigenvalue weighted by Crippen LogP contribution is -2.31. The van der Waals surface area contributed by atoms with Gasteiger partial charge in [0.25, 0.3) is 5.56 Å². The molecule has 4 aromatic rings. The number of amides is 1. The Morgan fingerprint density at radius 3 is 2.46 bits per heavy atom. The molecule has 0 saturated carbocycles. The van der Waals surface area contributed by atoms with Crippen molar-refractivity contribution in [3.63, 3.8) is 0 Å². The van der Waals surface area contributed by atoms with Crippen LogP contribution in [0, 0.1) is 13.8 Å². The van der Waals surface area contributed by atoms with Crippen LogP contribution in [0.1, 0.15) is 23.6 Å². The van der Waals surface area contributed by atoms with Crippen LogP contribution in [-0.4, -0.2) is 29.1 Å². The van der Waals surface area contributed by atoms with Gasteiger partial charge in [-0.15, -0.1) is 0 Å². The number of ether oxygens (including phenoxy) is 1. The molecule has 0 unspecified atom stereocenters. The van der Waals surface area contributed by atoms with Crippen molar-refractivity contribution in [1.82, 2.24) is 14.9 Å². The van der Waals surface area contributed by atoms with Gasteiger partial charge in [-0.05, 0) is 73.0 Å². The summed E-state index contributed by atoms with van der Waals surface area (Å²) in [5.74, 6) is 0.572. The molecule has 0 aliphatic carbocycles. The molecule has 3 aromatic carbocycles. The minimum Gasteiger partial charge on any atom is -0.497 e. The number of aryl methyl sites for hydroxylation is 2. The number of carbonyl (C=O) groups is 1. The average molecular weight is 471 g/mol. The summed E-state index contributed by atoms with van der Waals surface area (Å²) in [6.45, 7) is 7.01. The molecule has 0 radical (unpaired) electrons. The lowest BCUT2D eigenvalue weighted by Gasteiger charge is -2.15. The van der Waals surface area contributed by atoms with Crippen molar-refractivity contribution in [3.8, 4) is 17.0 Å². The topological polar surface area (TPSA) is 85.2 Å². The zero-order chi connectivity index (χ0) is 24.9. The SMILES string of the molecule is COc1ccc(-c2nc3ccc(NCc4ccc(C)c(C)c4)cc3n(CCNC(C)=O)c2=O)cc1. The van der Waals surface area contributed by atoms with E-state index < -0.39 is 0 Å². The van der Waals surface area contributed by atoms with Crippen LogP contribution in [0.3, 0.4) is 0 Å². The predicted octanol–water partition coefficient (Wildman–Crippen LogP) is 4.44. The third-order valence-corrected chi connectivity index (χ3v) is 6.09. The molecule has 4 rings (SSSR count). The highest BCUT2D eigenvalue weighted by molar-refractivity contribution is 5.81. The molecule has 1 heterocycles. The number of hydrogen-bond acceptors (Lipinski definition) is 5. The maximum Gasteiger partial charge on any atom is 0.277 e. The monoisotopic (exact) mass is 470 g/mol. The number of nitrogens with zero attached hydrogens (tertiary/aromatic N) is 2. The summed E-state index contributed by atoms with van der Waals surface area (Å²) in [6, 6.07) is 19.5. The highest BCUT2D eigenvalue weighted by Crippen LogP contribution is 2.23. The molecule has 0 atom stereocenters. The Hall–Kier alpha value is -4.13. The van der Waals surface area contributed by atoms with Crippen molar-refractivity contribution in [2.75, 3.05) is 19.0 Å². The predicted molar refractivity (Wildman–Crippen MR) is 140 cm³/mol. The second-order valence-corrected chi connectivity index (χ2v) is 8.60. The Labute approximate surface area is 204 Å². The number of anilines is 1. The molecule has 1 aromatic heterocycles. The quantitative estimate of drug-likeness (QED) is 0.398. The van der Waals surface area contributed by atoms with Crippen LogP contribution in [0.4, 0.5) is 5.69 Å². The first-order valence-corrected chi connectivity index (χ1v) is 11.6. The first-order chi connectivity index (χ1) is 16.9. The number of aromatic nitrogens is 2. The van der Waals surface area contributed by atoms with Gasteiger partial charge in [-0.25, -0.2) is 4.98 Å². The van der Waals surface area contributed by atoms with E-state index in [1.54, 1.807) is 11.7 Å². The van der Waals surface area contributed by atoms with Crippen LogP contribution in [-0.2, 0) is 17.9 Å². The summed E-state index contributed by atoms with van der Waals surface area (Å²) in [4.78, 5) is 29.6. The minimum atomic E-state index is -0.209. The van der Waals surface area contributed by atoms with Crippen LogP contribution in [0.5, 0.6) is 5.75 Å². The molecule has 2 N–H and O–H groups in total. The third kappa shape index (κ3) is 5.51. The number of benzene rings is 3. The molecule has 0 saturated heterocycles. The fourth-order valence-electron chi connectivity index (χ4n) is 3.97. The largest absolute Gasteiger partial charge is 0.497 e. The van der Waals surface area contributed by atoms with E-state index in [0.29, 0.717) is 47.7 Å². The van der Waals surface area contributed by atoms with E-state index >= 15 is 0 Å². The first kappa shape index (κ1) is 24.0. The van der Waals surface area contributed by atoms with Gasteiger partial charge >= 0.3 is 0 Å². The maximum absolute atomic E-state index is 13.5. The van der Waals surface area contributed by atoms with Gasteiger partial charge in [0.2, 0.25) is 5.91 Å². The zero-order valence-electron chi connectivity index (χ0n) is 20.5. The third-order valence-electron chi connectivity index (χ3n) is 6.09. The van der Waals surface area contributed by atoms with Crippen molar-refractivity contribution in [1.29, 1.82) is 0 Å². The molecule has 1 amide bonds. The Morgan fingerprint density at radius 2 is 1.77 bits per heavy atom. The Balaban J connectivity index is 1.71. The van der Waals surface area contributed by atoms with Crippen LogP contribution in [0.15, 0.2) is 65.5 Å². The van der Waals surface area contributed by atoms with E-state index in [9.17, 15) is 9.59 Å².